The number of carbonyl (C=O) groups excluding carboxylic acids is 2. The van der Waals surface area contributed by atoms with Crippen LogP contribution >= 0.6 is 11.3 Å². The molecule has 0 atom stereocenters. The van der Waals surface area contributed by atoms with Crippen LogP contribution in [0.25, 0.3) is 4.96 Å². The van der Waals surface area contributed by atoms with Gasteiger partial charge in [-0.05, 0) is 19.8 Å². The zero-order valence-electron chi connectivity index (χ0n) is 19.4. The van der Waals surface area contributed by atoms with Crippen LogP contribution < -0.4 is 20.3 Å². The maximum Gasteiger partial charge on any atom is 0.340 e. The molecule has 1 fully saturated rings. The number of anilines is 1. The highest BCUT2D eigenvalue weighted by Gasteiger charge is 2.25. The second-order valence-corrected chi connectivity index (χ2v) is 9.07. The van der Waals surface area contributed by atoms with Crippen LogP contribution in [0, 0.1) is 12.8 Å². The van der Waals surface area contributed by atoms with Crippen molar-refractivity contribution in [1.82, 2.24) is 9.38 Å². The van der Waals surface area contributed by atoms with E-state index in [1.54, 1.807) is 6.07 Å². The SMILES string of the molecule is COc1cc(NC(=O)C2CCCCC2)c(C(=O)OCc2cc(=O)n3c(C)csc3n2)cc1OC. The number of aromatic nitrogens is 2. The first-order valence-corrected chi connectivity index (χ1v) is 12.0. The molecule has 1 aliphatic rings. The summed E-state index contributed by atoms with van der Waals surface area (Å²) in [7, 11) is 2.94. The van der Waals surface area contributed by atoms with Crippen molar-refractivity contribution in [2.45, 2.75) is 45.6 Å². The Morgan fingerprint density at radius 1 is 1.12 bits per heavy atom. The molecule has 1 amide bonds. The molecule has 0 bridgehead atoms. The molecular weight excluding hydrogens is 458 g/mol. The van der Waals surface area contributed by atoms with E-state index in [4.69, 9.17) is 14.2 Å². The van der Waals surface area contributed by atoms with E-state index in [9.17, 15) is 14.4 Å². The fourth-order valence-electron chi connectivity index (χ4n) is 4.14. The van der Waals surface area contributed by atoms with Gasteiger partial charge in [0.1, 0.15) is 6.61 Å². The minimum Gasteiger partial charge on any atom is -0.493 e. The van der Waals surface area contributed by atoms with Gasteiger partial charge in [-0.25, -0.2) is 9.78 Å². The molecule has 0 aliphatic heterocycles. The average Bonchev–Trinajstić information content (AvgIpc) is 3.23. The molecule has 0 unspecified atom stereocenters. The van der Waals surface area contributed by atoms with Gasteiger partial charge in [-0.1, -0.05) is 19.3 Å². The van der Waals surface area contributed by atoms with Gasteiger partial charge in [0.15, 0.2) is 16.5 Å². The molecule has 10 heteroatoms. The molecule has 9 nitrogen and oxygen atoms in total. The third kappa shape index (κ3) is 4.91. The monoisotopic (exact) mass is 485 g/mol. The first kappa shape index (κ1) is 23.7. The highest BCUT2D eigenvalue weighted by Crippen LogP contribution is 2.35. The molecule has 0 saturated heterocycles. The summed E-state index contributed by atoms with van der Waals surface area (Å²) in [5.41, 5.74) is 1.32. The maximum atomic E-state index is 13.0. The number of methoxy groups -OCH3 is 2. The Bertz CT molecular complexity index is 1280. The van der Waals surface area contributed by atoms with E-state index >= 15 is 0 Å². The number of aryl methyl sites for hydroxylation is 1. The van der Waals surface area contributed by atoms with Crippen LogP contribution in [0.2, 0.25) is 0 Å². The summed E-state index contributed by atoms with van der Waals surface area (Å²) >= 11 is 1.34. The van der Waals surface area contributed by atoms with Crippen LogP contribution in [0.15, 0.2) is 28.4 Å². The van der Waals surface area contributed by atoms with Gasteiger partial charge in [0, 0.05) is 35.2 Å². The summed E-state index contributed by atoms with van der Waals surface area (Å²) in [4.78, 5) is 43.2. The van der Waals surface area contributed by atoms with Gasteiger partial charge < -0.3 is 19.5 Å². The minimum absolute atomic E-state index is 0.0936. The Labute approximate surface area is 200 Å². The number of thiazole rings is 1. The quantitative estimate of drug-likeness (QED) is 0.505. The van der Waals surface area contributed by atoms with Crippen molar-refractivity contribution >= 4 is 33.9 Å². The average molecular weight is 486 g/mol. The number of esters is 1. The molecule has 1 N–H and O–H groups in total. The first-order chi connectivity index (χ1) is 16.4. The predicted octanol–water partition coefficient (Wildman–Crippen LogP) is 3.96. The number of benzene rings is 1. The molecule has 1 aliphatic carbocycles. The van der Waals surface area contributed by atoms with Gasteiger partial charge in [-0.2, -0.15) is 0 Å². The smallest absolute Gasteiger partial charge is 0.340 e. The zero-order chi connectivity index (χ0) is 24.2. The third-order valence-electron chi connectivity index (χ3n) is 5.96. The summed E-state index contributed by atoms with van der Waals surface area (Å²) < 4.78 is 17.7. The van der Waals surface area contributed by atoms with Gasteiger partial charge in [0.05, 0.1) is 31.2 Å². The lowest BCUT2D eigenvalue weighted by Crippen LogP contribution is -2.26. The Morgan fingerprint density at radius 3 is 2.53 bits per heavy atom. The number of ether oxygens (including phenoxy) is 3. The number of nitrogens with one attached hydrogen (secondary N) is 1. The Balaban J connectivity index is 1.57. The fraction of sp³-hybridized carbons (Fsp3) is 0.417. The summed E-state index contributed by atoms with van der Waals surface area (Å²) in [6.07, 6.45) is 4.81. The Kier molecular flexibility index (Phi) is 7.16. The Hall–Kier alpha value is -3.40. The summed E-state index contributed by atoms with van der Waals surface area (Å²) in [5, 5.41) is 4.72. The molecule has 2 aromatic heterocycles. The van der Waals surface area contributed by atoms with Crippen LogP contribution in [0.5, 0.6) is 11.5 Å². The predicted molar refractivity (Wildman–Crippen MR) is 128 cm³/mol. The molecule has 180 valence electrons. The highest BCUT2D eigenvalue weighted by molar-refractivity contribution is 7.15. The summed E-state index contributed by atoms with van der Waals surface area (Å²) in [5.74, 6) is -0.189. The van der Waals surface area contributed by atoms with Crippen molar-refractivity contribution in [2.24, 2.45) is 5.92 Å². The van der Waals surface area contributed by atoms with E-state index in [2.05, 4.69) is 10.3 Å². The second-order valence-electron chi connectivity index (χ2n) is 8.23. The van der Waals surface area contributed by atoms with Crippen LogP contribution in [0.1, 0.15) is 53.8 Å². The molecule has 34 heavy (non-hydrogen) atoms. The minimum atomic E-state index is -0.677. The van der Waals surface area contributed by atoms with Crippen LogP contribution in [0.3, 0.4) is 0 Å². The van der Waals surface area contributed by atoms with Gasteiger partial charge in [-0.3, -0.25) is 14.0 Å². The largest absolute Gasteiger partial charge is 0.493 e. The van der Waals surface area contributed by atoms with Gasteiger partial charge in [0.25, 0.3) is 5.56 Å². The standard InChI is InChI=1S/C24H27N3O6S/c1-14-13-34-24-25-16(9-21(28)27(14)24)12-33-23(30)17-10-19(31-2)20(32-3)11-18(17)26-22(29)15-7-5-4-6-8-15/h9-11,13,15H,4-8,12H2,1-3H3,(H,26,29). The lowest BCUT2D eigenvalue weighted by atomic mass is 9.88. The number of nitrogens with zero attached hydrogens (tertiary/aromatic N) is 2. The zero-order valence-corrected chi connectivity index (χ0v) is 20.2. The molecule has 4 rings (SSSR count). The van der Waals surface area contributed by atoms with Crippen molar-refractivity contribution in [3.63, 3.8) is 0 Å². The first-order valence-electron chi connectivity index (χ1n) is 11.1. The summed E-state index contributed by atoms with van der Waals surface area (Å²) in [6, 6.07) is 4.38. The number of rotatable bonds is 7. The molecule has 0 radical (unpaired) electrons. The van der Waals surface area contributed by atoms with Crippen molar-refractivity contribution in [3.8, 4) is 11.5 Å². The second kappa shape index (κ2) is 10.3. The van der Waals surface area contributed by atoms with E-state index in [0.717, 1.165) is 37.8 Å². The molecular formula is C24H27N3O6S. The molecule has 0 spiro atoms. The van der Waals surface area contributed by atoms with Crippen molar-refractivity contribution in [2.75, 3.05) is 19.5 Å². The number of hydrogen-bond donors (Lipinski definition) is 1. The topological polar surface area (TPSA) is 108 Å². The van der Waals surface area contributed by atoms with Gasteiger partial charge >= 0.3 is 5.97 Å². The Morgan fingerprint density at radius 2 is 1.82 bits per heavy atom. The van der Waals surface area contributed by atoms with Crippen LogP contribution in [-0.4, -0.2) is 35.5 Å². The van der Waals surface area contributed by atoms with Crippen molar-refractivity contribution in [3.05, 3.63) is 50.9 Å². The number of fused-ring (bicyclic) bond motifs is 1. The van der Waals surface area contributed by atoms with Gasteiger partial charge in [0.2, 0.25) is 5.91 Å². The number of amides is 1. The summed E-state index contributed by atoms with van der Waals surface area (Å²) in [6.45, 7) is 1.64. The van der Waals surface area contributed by atoms with Gasteiger partial charge in [-0.15, -0.1) is 11.3 Å². The van der Waals surface area contributed by atoms with E-state index < -0.39 is 5.97 Å². The lowest BCUT2D eigenvalue weighted by Gasteiger charge is -2.22. The van der Waals surface area contributed by atoms with Crippen LogP contribution in [-0.2, 0) is 16.1 Å². The van der Waals surface area contributed by atoms with E-state index in [1.807, 2.05) is 12.3 Å². The van der Waals surface area contributed by atoms with Crippen molar-refractivity contribution < 1.29 is 23.8 Å². The molecule has 2 heterocycles. The van der Waals surface area contributed by atoms with E-state index in [0.29, 0.717) is 22.2 Å². The number of carbonyl (C=O) groups is 2. The maximum absolute atomic E-state index is 13.0. The van der Waals surface area contributed by atoms with E-state index in [1.165, 1.54) is 42.1 Å². The normalized spacial score (nSPS) is 14.1. The lowest BCUT2D eigenvalue weighted by molar-refractivity contribution is -0.120. The third-order valence-corrected chi connectivity index (χ3v) is 6.90. The highest BCUT2D eigenvalue weighted by atomic mass is 32.1. The molecule has 1 aromatic carbocycles. The van der Waals surface area contributed by atoms with Crippen LogP contribution in [0.4, 0.5) is 5.69 Å². The molecule has 3 aromatic rings. The number of hydrogen-bond acceptors (Lipinski definition) is 8. The fourth-order valence-corrected chi connectivity index (χ4v) is 5.03. The molecule has 1 saturated carbocycles. The van der Waals surface area contributed by atoms with E-state index in [-0.39, 0.29) is 35.2 Å². The van der Waals surface area contributed by atoms with Crippen molar-refractivity contribution in [1.29, 1.82) is 0 Å².